The molecule has 0 unspecified atom stereocenters. The van der Waals surface area contributed by atoms with Gasteiger partial charge in [-0.2, -0.15) is 5.26 Å². The van der Waals surface area contributed by atoms with Crippen LogP contribution in [-0.4, -0.2) is 34.3 Å². The SMILES string of the molecule is CCCCCCCCOc1ccc(N(c2ccc(OCCCCCCCC)cc2)c2ccc(-c3sc(-c4c(F)c(F)c(-c5cc(CCCCCC)c(/C=C(\C#N)C(=O)O)s5)c5nccnc45)cc3CCCCCC)cc2)cc1. The van der Waals surface area contributed by atoms with E-state index in [9.17, 15) is 15.2 Å². The van der Waals surface area contributed by atoms with Gasteiger partial charge in [0.2, 0.25) is 0 Å². The number of carboxylic acid groups (broad SMARTS) is 1. The normalized spacial score (nSPS) is 11.6. The number of hydrogen-bond acceptors (Lipinski definition) is 9. The van der Waals surface area contributed by atoms with Gasteiger partial charge in [0.25, 0.3) is 0 Å². The maximum atomic E-state index is 17.2. The minimum absolute atomic E-state index is 0.0324. The Labute approximate surface area is 470 Å². The molecular formula is C66H78F2N4O4S2. The Hall–Kier alpha value is -6.42. The number of rotatable bonds is 34. The molecule has 7 aromatic rings. The second kappa shape index (κ2) is 31.2. The van der Waals surface area contributed by atoms with Crippen LogP contribution in [0.1, 0.15) is 172 Å². The number of anilines is 3. The van der Waals surface area contributed by atoms with Gasteiger partial charge in [-0.15, -0.1) is 22.7 Å². The van der Waals surface area contributed by atoms with Crippen LogP contribution in [0.4, 0.5) is 25.8 Å². The zero-order chi connectivity index (χ0) is 55.1. The fourth-order valence-corrected chi connectivity index (χ4v) is 12.4. The zero-order valence-electron chi connectivity index (χ0n) is 46.3. The van der Waals surface area contributed by atoms with E-state index in [-0.39, 0.29) is 22.2 Å². The summed E-state index contributed by atoms with van der Waals surface area (Å²) in [7, 11) is 0. The summed E-state index contributed by atoms with van der Waals surface area (Å²) in [5, 5.41) is 19.4. The highest BCUT2D eigenvalue weighted by Gasteiger charge is 2.28. The first-order valence-corrected chi connectivity index (χ1v) is 30.4. The molecule has 78 heavy (non-hydrogen) atoms. The van der Waals surface area contributed by atoms with Crippen LogP contribution in [0.5, 0.6) is 11.5 Å². The molecule has 0 atom stereocenters. The molecule has 0 aliphatic rings. The van der Waals surface area contributed by atoms with E-state index >= 15 is 8.78 Å². The maximum absolute atomic E-state index is 17.2. The number of halogens is 2. The smallest absolute Gasteiger partial charge is 0.346 e. The number of carboxylic acids is 1. The Morgan fingerprint density at radius 3 is 1.45 bits per heavy atom. The van der Waals surface area contributed by atoms with Crippen molar-refractivity contribution in [1.29, 1.82) is 5.26 Å². The Bertz CT molecular complexity index is 2990. The monoisotopic (exact) mass is 1090 g/mol. The lowest BCUT2D eigenvalue weighted by Gasteiger charge is -2.26. The van der Waals surface area contributed by atoms with Crippen molar-refractivity contribution in [1.82, 2.24) is 9.97 Å². The summed E-state index contributed by atoms with van der Waals surface area (Å²) in [5.74, 6) is -1.74. The van der Waals surface area contributed by atoms with Crippen molar-refractivity contribution in [2.45, 2.75) is 169 Å². The number of benzene rings is 4. The van der Waals surface area contributed by atoms with Gasteiger partial charge in [-0.05, 0) is 134 Å². The van der Waals surface area contributed by atoms with Crippen molar-refractivity contribution in [3.05, 3.63) is 131 Å². The van der Waals surface area contributed by atoms with E-state index in [1.165, 1.54) is 94.0 Å². The molecule has 12 heteroatoms. The lowest BCUT2D eigenvalue weighted by atomic mass is 9.99. The van der Waals surface area contributed by atoms with Crippen molar-refractivity contribution < 1.29 is 28.2 Å². The third-order valence-corrected chi connectivity index (χ3v) is 16.7. The van der Waals surface area contributed by atoms with Gasteiger partial charge in [0.15, 0.2) is 11.6 Å². The van der Waals surface area contributed by atoms with Crippen molar-refractivity contribution >= 4 is 62.8 Å². The molecule has 0 saturated heterocycles. The number of hydrogen-bond donors (Lipinski definition) is 1. The summed E-state index contributed by atoms with van der Waals surface area (Å²) in [6.45, 7) is 10.2. The summed E-state index contributed by atoms with van der Waals surface area (Å²) in [5.41, 5.74) is 5.74. The summed E-state index contributed by atoms with van der Waals surface area (Å²) in [6.07, 6.45) is 28.2. The number of aryl methyl sites for hydroxylation is 2. The number of fused-ring (bicyclic) bond motifs is 1. The molecule has 0 saturated carbocycles. The number of unbranched alkanes of at least 4 members (excludes halogenated alkanes) is 16. The van der Waals surface area contributed by atoms with Crippen molar-refractivity contribution in [3.8, 4) is 48.9 Å². The highest BCUT2D eigenvalue weighted by Crippen LogP contribution is 2.47. The third-order valence-electron chi connectivity index (χ3n) is 14.3. The van der Waals surface area contributed by atoms with Gasteiger partial charge in [0.05, 0.1) is 24.3 Å². The standard InChI is InChI=1S/C66H78F2N4O4S2/c1-5-9-13-17-19-23-41-75-54-35-31-52(32-36-54)72(53-33-37-55(38-34-53)76-42-24-20-18-14-10-6-2)51-29-27-47(28-30-51)65-49(26-22-16-12-8-4)44-58(78-65)60-62(68)61(67)59(63-64(60)71-40-39-70-63)57-43-48(25-21-15-11-7-3)56(77-57)45-50(46-69)66(73)74/h27-40,43-45H,5-26,41-42H2,1-4H3,(H,73,74)/b50-45+. The van der Waals surface area contributed by atoms with E-state index in [2.05, 4.69) is 91.1 Å². The molecule has 4 aromatic carbocycles. The lowest BCUT2D eigenvalue weighted by molar-refractivity contribution is -0.132. The van der Waals surface area contributed by atoms with Crippen LogP contribution in [0.15, 0.2) is 103 Å². The van der Waals surface area contributed by atoms with E-state index < -0.39 is 23.2 Å². The Morgan fingerprint density at radius 1 is 0.577 bits per heavy atom. The zero-order valence-corrected chi connectivity index (χ0v) is 48.0. The summed E-state index contributed by atoms with van der Waals surface area (Å²) >= 11 is 2.56. The topological polar surface area (TPSA) is 109 Å². The van der Waals surface area contributed by atoms with Gasteiger partial charge in [-0.25, -0.2) is 13.6 Å². The summed E-state index contributed by atoms with van der Waals surface area (Å²) in [4.78, 5) is 25.9. The Balaban J connectivity index is 1.23. The number of nitriles is 1. The average Bonchev–Trinajstić information content (AvgIpc) is 4.07. The molecule has 0 amide bonds. The second-order valence-corrected chi connectivity index (χ2v) is 22.4. The lowest BCUT2D eigenvalue weighted by Crippen LogP contribution is -2.10. The van der Waals surface area contributed by atoms with Crippen LogP contribution in [0.3, 0.4) is 0 Å². The number of carbonyl (C=O) groups is 1. The molecule has 0 spiro atoms. The highest BCUT2D eigenvalue weighted by atomic mass is 32.1. The Kier molecular flexibility index (Phi) is 23.7. The largest absolute Gasteiger partial charge is 0.494 e. The van der Waals surface area contributed by atoms with Crippen molar-refractivity contribution in [2.75, 3.05) is 18.1 Å². The molecule has 0 bridgehead atoms. The number of aromatic nitrogens is 2. The second-order valence-electron chi connectivity index (χ2n) is 20.3. The fourth-order valence-electron chi connectivity index (χ4n) is 9.94. The Morgan fingerprint density at radius 2 is 0.987 bits per heavy atom. The van der Waals surface area contributed by atoms with Crippen LogP contribution >= 0.6 is 22.7 Å². The summed E-state index contributed by atoms with van der Waals surface area (Å²) in [6, 6.07) is 30.6. The minimum Gasteiger partial charge on any atom is -0.494 e. The molecule has 7 rings (SSSR count). The first-order chi connectivity index (χ1) is 38.2. The fraction of sp³-hybridized carbons (Fsp3) is 0.424. The molecule has 1 N–H and O–H groups in total. The van der Waals surface area contributed by atoms with E-state index in [1.54, 1.807) is 12.1 Å². The van der Waals surface area contributed by atoms with Crippen LogP contribution in [0.2, 0.25) is 0 Å². The molecule has 0 fully saturated rings. The highest BCUT2D eigenvalue weighted by molar-refractivity contribution is 7.19. The first kappa shape index (κ1) is 59.2. The average molecular weight is 1090 g/mol. The quantitative estimate of drug-likeness (QED) is 0.0241. The number of nitrogens with zero attached hydrogens (tertiary/aromatic N) is 4. The molecule has 0 radical (unpaired) electrons. The van der Waals surface area contributed by atoms with Gasteiger partial charge >= 0.3 is 5.97 Å². The van der Waals surface area contributed by atoms with E-state index in [1.807, 2.05) is 30.3 Å². The van der Waals surface area contributed by atoms with Crippen LogP contribution in [0.25, 0.3) is 48.4 Å². The summed E-state index contributed by atoms with van der Waals surface area (Å²) < 4.78 is 46.7. The van der Waals surface area contributed by atoms with Crippen LogP contribution < -0.4 is 14.4 Å². The molecule has 0 aliphatic heterocycles. The van der Waals surface area contributed by atoms with Gasteiger partial charge in [-0.3, -0.25) is 9.97 Å². The third kappa shape index (κ3) is 16.1. The van der Waals surface area contributed by atoms with Gasteiger partial charge in [-0.1, -0.05) is 143 Å². The van der Waals surface area contributed by atoms with E-state index in [0.717, 1.165) is 132 Å². The molecule has 412 valence electrons. The van der Waals surface area contributed by atoms with Gasteiger partial charge in [0, 0.05) is 49.0 Å². The molecule has 8 nitrogen and oxygen atoms in total. The van der Waals surface area contributed by atoms with E-state index in [0.29, 0.717) is 34.3 Å². The number of aliphatic carboxylic acids is 1. The predicted molar refractivity (Wildman–Crippen MR) is 321 cm³/mol. The van der Waals surface area contributed by atoms with E-state index in [4.69, 9.17) is 9.47 Å². The van der Waals surface area contributed by atoms with Gasteiger partial charge in [0.1, 0.15) is 34.2 Å². The number of ether oxygens (including phenoxy) is 2. The van der Waals surface area contributed by atoms with Gasteiger partial charge < -0.3 is 19.5 Å². The minimum atomic E-state index is -1.35. The molecular weight excluding hydrogens is 1010 g/mol. The van der Waals surface area contributed by atoms with Crippen molar-refractivity contribution in [2.24, 2.45) is 0 Å². The number of thiophene rings is 2. The maximum Gasteiger partial charge on any atom is 0.346 e. The first-order valence-electron chi connectivity index (χ1n) is 28.8. The molecule has 0 aliphatic carbocycles. The van der Waals surface area contributed by atoms with Crippen LogP contribution in [0, 0.1) is 23.0 Å². The predicted octanol–water partition coefficient (Wildman–Crippen LogP) is 20.2. The van der Waals surface area contributed by atoms with Crippen LogP contribution in [-0.2, 0) is 17.6 Å². The van der Waals surface area contributed by atoms with Crippen molar-refractivity contribution in [3.63, 3.8) is 0 Å². The molecule has 3 aromatic heterocycles. The molecule has 3 heterocycles.